The molecule has 0 aliphatic carbocycles. The Labute approximate surface area is 218 Å². The highest BCUT2D eigenvalue weighted by Crippen LogP contribution is 2.33. The number of aromatic nitrogens is 4. The summed E-state index contributed by atoms with van der Waals surface area (Å²) in [4.78, 5) is 51.9. The SMILES string of the molecule is CCn1c(-c2ccncc2)nn([C@@H]2O[C@H](COC(C)=O)[C@@H](OC(C)=O)[C@H](OC(C)=O)[C@H]2NC(C)=O)c1=S. The number of amides is 1. The van der Waals surface area contributed by atoms with Crippen LogP contribution in [0.5, 0.6) is 0 Å². The quantitative estimate of drug-likeness (QED) is 0.296. The van der Waals surface area contributed by atoms with E-state index in [-0.39, 0.29) is 11.4 Å². The first-order chi connectivity index (χ1) is 17.5. The summed E-state index contributed by atoms with van der Waals surface area (Å²) >= 11 is 5.71. The zero-order valence-corrected chi connectivity index (χ0v) is 21.9. The summed E-state index contributed by atoms with van der Waals surface area (Å²) in [5.74, 6) is -1.93. The van der Waals surface area contributed by atoms with Crippen LogP contribution in [0.15, 0.2) is 24.5 Å². The number of nitrogens with zero attached hydrogens (tertiary/aromatic N) is 4. The Balaban J connectivity index is 2.18. The Bertz CT molecular complexity index is 1210. The van der Waals surface area contributed by atoms with Gasteiger partial charge in [0.05, 0.1) is 0 Å². The predicted octanol–water partition coefficient (Wildman–Crippen LogP) is 1.32. The zero-order chi connectivity index (χ0) is 27.3. The van der Waals surface area contributed by atoms with Crippen molar-refractivity contribution in [1.29, 1.82) is 0 Å². The molecule has 3 rings (SSSR count). The number of carbonyl (C=O) groups excluding carboxylic acids is 4. The van der Waals surface area contributed by atoms with Gasteiger partial charge < -0.3 is 28.8 Å². The van der Waals surface area contributed by atoms with Crippen LogP contribution in [0, 0.1) is 4.77 Å². The van der Waals surface area contributed by atoms with Crippen molar-refractivity contribution in [2.75, 3.05) is 6.61 Å². The van der Waals surface area contributed by atoms with Gasteiger partial charge in [-0.25, -0.2) is 4.68 Å². The van der Waals surface area contributed by atoms with Crippen LogP contribution in [0.4, 0.5) is 0 Å². The van der Waals surface area contributed by atoms with E-state index in [1.54, 1.807) is 29.1 Å². The maximum atomic E-state index is 12.2. The Morgan fingerprint density at radius 2 is 1.65 bits per heavy atom. The number of hydrogen-bond donors (Lipinski definition) is 1. The molecule has 0 radical (unpaired) electrons. The fourth-order valence-electron chi connectivity index (χ4n) is 4.10. The van der Waals surface area contributed by atoms with E-state index in [0.29, 0.717) is 12.4 Å². The molecule has 0 unspecified atom stereocenters. The molecule has 1 N–H and O–H groups in total. The smallest absolute Gasteiger partial charge is 0.303 e. The molecule has 1 fully saturated rings. The molecule has 1 saturated heterocycles. The van der Waals surface area contributed by atoms with Crippen LogP contribution in [0.3, 0.4) is 0 Å². The summed E-state index contributed by atoms with van der Waals surface area (Å²) in [6.45, 7) is 6.88. The number of carbonyl (C=O) groups is 4. The van der Waals surface area contributed by atoms with Crippen molar-refractivity contribution < 1.29 is 38.1 Å². The van der Waals surface area contributed by atoms with Gasteiger partial charge in [0, 0.05) is 52.2 Å². The lowest BCUT2D eigenvalue weighted by molar-refractivity contribution is -0.239. The van der Waals surface area contributed by atoms with E-state index in [4.69, 9.17) is 31.2 Å². The van der Waals surface area contributed by atoms with Crippen molar-refractivity contribution in [3.05, 3.63) is 29.3 Å². The number of pyridine rings is 1. The Kier molecular flexibility index (Phi) is 9.10. The van der Waals surface area contributed by atoms with Gasteiger partial charge in [0.1, 0.15) is 18.8 Å². The molecule has 1 amide bonds. The van der Waals surface area contributed by atoms with Gasteiger partial charge in [0.25, 0.3) is 0 Å². The van der Waals surface area contributed by atoms with Gasteiger partial charge in [-0.1, -0.05) is 0 Å². The average molecular weight is 536 g/mol. The first-order valence-corrected chi connectivity index (χ1v) is 11.9. The Morgan fingerprint density at radius 1 is 1.03 bits per heavy atom. The highest BCUT2D eigenvalue weighted by Gasteiger charge is 2.52. The van der Waals surface area contributed by atoms with Crippen molar-refractivity contribution >= 4 is 36.0 Å². The molecule has 3 heterocycles. The Hall–Kier alpha value is -3.65. The molecule has 2 aromatic heterocycles. The summed E-state index contributed by atoms with van der Waals surface area (Å²) < 4.78 is 25.8. The number of hydrogen-bond acceptors (Lipinski definition) is 11. The lowest BCUT2D eigenvalue weighted by Crippen LogP contribution is -2.64. The monoisotopic (exact) mass is 535 g/mol. The maximum Gasteiger partial charge on any atom is 0.303 e. The van der Waals surface area contributed by atoms with Crippen LogP contribution in [-0.4, -0.2) is 74.1 Å². The molecule has 14 heteroatoms. The minimum atomic E-state index is -1.22. The summed E-state index contributed by atoms with van der Waals surface area (Å²) in [7, 11) is 0. The molecule has 0 spiro atoms. The van der Waals surface area contributed by atoms with E-state index in [1.807, 2.05) is 6.92 Å². The molecular formula is C23H29N5O8S. The topological polar surface area (TPSA) is 153 Å². The Morgan fingerprint density at radius 3 is 2.19 bits per heavy atom. The lowest BCUT2D eigenvalue weighted by atomic mass is 9.95. The number of nitrogens with one attached hydrogen (secondary N) is 1. The van der Waals surface area contributed by atoms with E-state index >= 15 is 0 Å². The minimum absolute atomic E-state index is 0.258. The van der Waals surface area contributed by atoms with Gasteiger partial charge in [-0.2, -0.15) is 0 Å². The lowest BCUT2D eigenvalue weighted by Gasteiger charge is -2.45. The molecule has 13 nitrogen and oxygen atoms in total. The van der Waals surface area contributed by atoms with Crippen LogP contribution < -0.4 is 5.32 Å². The fraction of sp³-hybridized carbons (Fsp3) is 0.522. The maximum absolute atomic E-state index is 12.2. The van der Waals surface area contributed by atoms with Gasteiger partial charge in [-0.15, -0.1) is 5.10 Å². The van der Waals surface area contributed by atoms with E-state index in [9.17, 15) is 19.2 Å². The largest absolute Gasteiger partial charge is 0.463 e. The van der Waals surface area contributed by atoms with Crippen molar-refractivity contribution in [2.24, 2.45) is 0 Å². The highest BCUT2D eigenvalue weighted by atomic mass is 32.1. The third kappa shape index (κ3) is 6.57. The molecule has 0 saturated carbocycles. The number of esters is 3. The number of rotatable bonds is 8. The summed E-state index contributed by atoms with van der Waals surface area (Å²) in [5.41, 5.74) is 0.736. The van der Waals surface area contributed by atoms with Gasteiger partial charge in [0.2, 0.25) is 10.7 Å². The summed E-state index contributed by atoms with van der Waals surface area (Å²) in [6.07, 6.45) is -1.40. The third-order valence-electron chi connectivity index (χ3n) is 5.47. The third-order valence-corrected chi connectivity index (χ3v) is 5.88. The normalized spacial score (nSPS) is 23.1. The second kappa shape index (κ2) is 12.1. The molecule has 0 bridgehead atoms. The van der Waals surface area contributed by atoms with Gasteiger partial charge in [-0.05, 0) is 31.3 Å². The van der Waals surface area contributed by atoms with Crippen LogP contribution in [0.25, 0.3) is 11.4 Å². The molecule has 1 aliphatic heterocycles. The molecule has 2 aromatic rings. The number of ether oxygens (including phenoxy) is 4. The van der Waals surface area contributed by atoms with E-state index in [1.165, 1.54) is 32.4 Å². The second-order valence-corrected chi connectivity index (χ2v) is 8.64. The van der Waals surface area contributed by atoms with Gasteiger partial charge in [-0.3, -0.25) is 24.2 Å². The zero-order valence-electron chi connectivity index (χ0n) is 21.1. The molecule has 0 aromatic carbocycles. The van der Waals surface area contributed by atoms with Crippen molar-refractivity contribution in [3.8, 4) is 11.4 Å². The van der Waals surface area contributed by atoms with Crippen molar-refractivity contribution in [3.63, 3.8) is 0 Å². The minimum Gasteiger partial charge on any atom is -0.463 e. The van der Waals surface area contributed by atoms with E-state index < -0.39 is 54.4 Å². The highest BCUT2D eigenvalue weighted by molar-refractivity contribution is 7.71. The summed E-state index contributed by atoms with van der Waals surface area (Å²) in [5, 5.41) is 7.40. The van der Waals surface area contributed by atoms with Gasteiger partial charge >= 0.3 is 17.9 Å². The molecule has 200 valence electrons. The molecule has 1 aliphatic rings. The fourth-order valence-corrected chi connectivity index (χ4v) is 4.46. The first-order valence-electron chi connectivity index (χ1n) is 11.5. The van der Waals surface area contributed by atoms with E-state index in [0.717, 1.165) is 5.56 Å². The average Bonchev–Trinajstić information content (AvgIpc) is 3.16. The first kappa shape index (κ1) is 27.9. The van der Waals surface area contributed by atoms with Crippen LogP contribution in [0.1, 0.15) is 40.8 Å². The van der Waals surface area contributed by atoms with Crippen LogP contribution >= 0.6 is 12.2 Å². The second-order valence-electron chi connectivity index (χ2n) is 8.27. The van der Waals surface area contributed by atoms with E-state index in [2.05, 4.69) is 15.4 Å². The van der Waals surface area contributed by atoms with Crippen molar-refractivity contribution in [2.45, 2.75) is 71.7 Å². The van der Waals surface area contributed by atoms with Crippen LogP contribution in [0.2, 0.25) is 0 Å². The predicted molar refractivity (Wildman–Crippen MR) is 129 cm³/mol. The van der Waals surface area contributed by atoms with Crippen molar-refractivity contribution in [1.82, 2.24) is 24.6 Å². The molecule has 5 atom stereocenters. The molecular weight excluding hydrogens is 506 g/mol. The van der Waals surface area contributed by atoms with Crippen LogP contribution in [-0.2, 0) is 44.7 Å². The van der Waals surface area contributed by atoms with Gasteiger partial charge in [0.15, 0.2) is 24.3 Å². The standard InChI is InChI=1S/C23H29N5O8S/c1-6-27-21(16-7-9-24-10-8-16)26-28(23(27)37)22-18(25-12(2)29)20(35-15(5)32)19(34-14(4)31)17(36-22)11-33-13(3)30/h7-10,17-20,22H,6,11H2,1-5H3,(H,25,29)/t17-,18-,19-,20-,22-/m1/s1. The summed E-state index contributed by atoms with van der Waals surface area (Å²) in [6, 6.07) is 2.46. The molecule has 37 heavy (non-hydrogen) atoms.